The zero-order valence-corrected chi connectivity index (χ0v) is 17.1. The van der Waals surface area contributed by atoms with E-state index in [9.17, 15) is 9.59 Å². The highest BCUT2D eigenvalue weighted by Crippen LogP contribution is 2.36. The molecule has 1 aliphatic heterocycles. The minimum atomic E-state index is -0.244. The van der Waals surface area contributed by atoms with Crippen LogP contribution in [0.3, 0.4) is 0 Å². The number of aromatic nitrogens is 4. The van der Waals surface area contributed by atoms with Gasteiger partial charge in [0.1, 0.15) is 11.2 Å². The summed E-state index contributed by atoms with van der Waals surface area (Å²) in [6, 6.07) is 6.95. The molecule has 0 unspecified atom stereocenters. The van der Waals surface area contributed by atoms with E-state index in [0.29, 0.717) is 23.4 Å². The smallest absolute Gasteiger partial charge is 0.261 e. The first-order chi connectivity index (χ1) is 14.7. The summed E-state index contributed by atoms with van der Waals surface area (Å²) in [6.45, 7) is 0.265. The van der Waals surface area contributed by atoms with Crippen molar-refractivity contribution in [3.63, 3.8) is 0 Å². The minimum absolute atomic E-state index is 0.244. The molecule has 4 heterocycles. The molecule has 4 aromatic rings. The molecule has 2 amide bonds. The fourth-order valence-electron chi connectivity index (χ4n) is 4.54. The van der Waals surface area contributed by atoms with Crippen LogP contribution in [0.15, 0.2) is 30.6 Å². The Balaban J connectivity index is 1.32. The average molecular weight is 417 g/mol. The first-order valence-corrected chi connectivity index (χ1v) is 11.1. The van der Waals surface area contributed by atoms with E-state index in [1.165, 1.54) is 34.6 Å². The van der Waals surface area contributed by atoms with Gasteiger partial charge in [0.05, 0.1) is 16.5 Å². The number of rotatable bonds is 3. The second-order valence-corrected chi connectivity index (χ2v) is 8.93. The molecule has 0 bridgehead atoms. The van der Waals surface area contributed by atoms with E-state index in [1.807, 2.05) is 0 Å². The molecule has 0 atom stereocenters. The summed E-state index contributed by atoms with van der Waals surface area (Å²) >= 11 is 1.77. The Morgan fingerprint density at radius 1 is 1.00 bits per heavy atom. The van der Waals surface area contributed by atoms with Crippen LogP contribution in [0.5, 0.6) is 0 Å². The fraction of sp³-hybridized carbons (Fsp3) is 0.318. The normalized spacial score (nSPS) is 16.3. The van der Waals surface area contributed by atoms with Crippen LogP contribution in [0.2, 0.25) is 0 Å². The zero-order valence-electron chi connectivity index (χ0n) is 16.3. The summed E-state index contributed by atoms with van der Waals surface area (Å²) in [7, 11) is 0. The van der Waals surface area contributed by atoms with Crippen molar-refractivity contribution in [2.75, 3.05) is 6.54 Å². The number of hydrogen-bond donors (Lipinski definition) is 0. The minimum Gasteiger partial charge on any atom is -0.274 e. The highest BCUT2D eigenvalue weighted by atomic mass is 32.1. The third kappa shape index (κ3) is 2.60. The summed E-state index contributed by atoms with van der Waals surface area (Å²) in [5.74, 6) is 0.132. The van der Waals surface area contributed by atoms with E-state index >= 15 is 0 Å². The summed E-state index contributed by atoms with van der Waals surface area (Å²) in [5, 5.41) is 5.70. The summed E-state index contributed by atoms with van der Waals surface area (Å²) < 4.78 is 1.73. The van der Waals surface area contributed by atoms with Gasteiger partial charge in [0, 0.05) is 17.8 Å². The SMILES string of the molecule is O=C1c2ccccc2C(=O)N1CCc1nc2c3c4c(sc3ncn2n1)CCCCC4. The average Bonchev–Trinajstić information content (AvgIpc) is 3.34. The number of benzene rings is 1. The predicted molar refractivity (Wildman–Crippen MR) is 113 cm³/mol. The number of thiophene rings is 1. The summed E-state index contributed by atoms with van der Waals surface area (Å²) in [5.41, 5.74) is 3.15. The molecule has 0 spiro atoms. The molecule has 150 valence electrons. The molecule has 0 saturated heterocycles. The molecule has 30 heavy (non-hydrogen) atoms. The van der Waals surface area contributed by atoms with Crippen LogP contribution in [0, 0.1) is 0 Å². The van der Waals surface area contributed by atoms with Crippen LogP contribution in [-0.4, -0.2) is 42.8 Å². The van der Waals surface area contributed by atoms with Crippen LogP contribution in [0.4, 0.5) is 0 Å². The first kappa shape index (κ1) is 17.7. The third-order valence-corrected chi connectivity index (χ3v) is 7.22. The Bertz CT molecular complexity index is 1300. The Morgan fingerprint density at radius 2 is 1.77 bits per heavy atom. The molecule has 0 N–H and O–H groups in total. The first-order valence-electron chi connectivity index (χ1n) is 10.3. The molecule has 0 saturated carbocycles. The van der Waals surface area contributed by atoms with Gasteiger partial charge in [-0.25, -0.2) is 14.5 Å². The molecule has 1 aliphatic carbocycles. The molecule has 6 rings (SSSR count). The van der Waals surface area contributed by atoms with Gasteiger partial charge in [0.15, 0.2) is 11.5 Å². The monoisotopic (exact) mass is 417 g/mol. The maximum absolute atomic E-state index is 12.6. The van der Waals surface area contributed by atoms with Crippen molar-refractivity contribution < 1.29 is 9.59 Å². The zero-order chi connectivity index (χ0) is 20.2. The molecular formula is C22H19N5O2S. The number of amides is 2. The van der Waals surface area contributed by atoms with Gasteiger partial charge in [-0.2, -0.15) is 0 Å². The Labute approximate surface area is 176 Å². The van der Waals surface area contributed by atoms with E-state index in [2.05, 4.69) is 10.1 Å². The lowest BCUT2D eigenvalue weighted by Gasteiger charge is -2.11. The van der Waals surface area contributed by atoms with Gasteiger partial charge in [-0.3, -0.25) is 14.5 Å². The van der Waals surface area contributed by atoms with Crippen molar-refractivity contribution in [1.82, 2.24) is 24.5 Å². The molecule has 3 aromatic heterocycles. The van der Waals surface area contributed by atoms with Crippen molar-refractivity contribution in [1.29, 1.82) is 0 Å². The molecule has 2 aliphatic rings. The summed E-state index contributed by atoms with van der Waals surface area (Å²) in [6.07, 6.45) is 8.00. The Hall–Kier alpha value is -3.13. The molecule has 8 heteroatoms. The summed E-state index contributed by atoms with van der Waals surface area (Å²) in [4.78, 5) is 38.3. The van der Waals surface area contributed by atoms with Gasteiger partial charge in [-0.15, -0.1) is 16.4 Å². The number of aryl methyl sites for hydroxylation is 2. The van der Waals surface area contributed by atoms with Crippen molar-refractivity contribution in [3.8, 4) is 0 Å². The van der Waals surface area contributed by atoms with Gasteiger partial charge in [0.2, 0.25) is 0 Å². The van der Waals surface area contributed by atoms with Gasteiger partial charge < -0.3 is 0 Å². The largest absolute Gasteiger partial charge is 0.274 e. The lowest BCUT2D eigenvalue weighted by atomic mass is 10.1. The van der Waals surface area contributed by atoms with Crippen LogP contribution in [-0.2, 0) is 19.3 Å². The molecule has 7 nitrogen and oxygen atoms in total. The van der Waals surface area contributed by atoms with Gasteiger partial charge in [-0.05, 0) is 43.4 Å². The quantitative estimate of drug-likeness (QED) is 0.377. The highest BCUT2D eigenvalue weighted by Gasteiger charge is 2.34. The highest BCUT2D eigenvalue weighted by molar-refractivity contribution is 7.19. The topological polar surface area (TPSA) is 80.5 Å². The van der Waals surface area contributed by atoms with E-state index < -0.39 is 0 Å². The van der Waals surface area contributed by atoms with Crippen LogP contribution in [0.25, 0.3) is 15.9 Å². The van der Waals surface area contributed by atoms with E-state index in [-0.39, 0.29) is 18.4 Å². The lowest BCUT2D eigenvalue weighted by molar-refractivity contribution is 0.0655. The van der Waals surface area contributed by atoms with Gasteiger partial charge in [0.25, 0.3) is 11.8 Å². The number of carbonyl (C=O) groups is 2. The fourth-order valence-corrected chi connectivity index (χ4v) is 5.76. The third-order valence-electron chi connectivity index (χ3n) is 6.02. The van der Waals surface area contributed by atoms with Gasteiger partial charge >= 0.3 is 0 Å². The second kappa shape index (κ2) is 6.70. The number of nitrogens with zero attached hydrogens (tertiary/aromatic N) is 5. The number of carbonyl (C=O) groups excluding carboxylic acids is 2. The van der Waals surface area contributed by atoms with E-state index in [4.69, 9.17) is 4.98 Å². The lowest BCUT2D eigenvalue weighted by Crippen LogP contribution is -2.31. The molecule has 0 fully saturated rings. The second-order valence-electron chi connectivity index (χ2n) is 7.84. The van der Waals surface area contributed by atoms with Gasteiger partial charge in [-0.1, -0.05) is 18.6 Å². The maximum atomic E-state index is 12.6. The maximum Gasteiger partial charge on any atom is 0.261 e. The Morgan fingerprint density at radius 3 is 2.57 bits per heavy atom. The van der Waals surface area contributed by atoms with Crippen molar-refractivity contribution in [2.24, 2.45) is 0 Å². The van der Waals surface area contributed by atoms with Crippen molar-refractivity contribution in [3.05, 3.63) is 58.0 Å². The molecule has 1 aromatic carbocycles. The predicted octanol–water partition coefficient (Wildman–Crippen LogP) is 3.45. The van der Waals surface area contributed by atoms with Crippen LogP contribution < -0.4 is 0 Å². The standard InChI is InChI=1S/C22H19N5O2S/c28-21-13-6-4-5-7-14(13)22(29)26(21)11-10-17-24-19-18-15-8-2-1-3-9-16(15)30-20(18)23-12-27(19)25-17/h4-7,12H,1-3,8-11H2. The molecular weight excluding hydrogens is 398 g/mol. The van der Waals surface area contributed by atoms with E-state index in [1.54, 1.807) is 46.4 Å². The number of imide groups is 1. The Kier molecular flexibility index (Phi) is 3.95. The molecule has 0 radical (unpaired) electrons. The number of fused-ring (bicyclic) bond motifs is 6. The van der Waals surface area contributed by atoms with Crippen molar-refractivity contribution in [2.45, 2.75) is 38.5 Å². The van der Waals surface area contributed by atoms with Crippen LogP contribution >= 0.6 is 11.3 Å². The number of hydrogen-bond acceptors (Lipinski definition) is 6. The van der Waals surface area contributed by atoms with Crippen molar-refractivity contribution >= 4 is 39.0 Å². The van der Waals surface area contributed by atoms with E-state index in [0.717, 1.165) is 28.7 Å². The van der Waals surface area contributed by atoms with Crippen LogP contribution in [0.1, 0.15) is 56.2 Å².